The Labute approximate surface area is 87.7 Å². The van der Waals surface area contributed by atoms with Crippen LogP contribution >= 0.6 is 0 Å². The summed E-state index contributed by atoms with van der Waals surface area (Å²) >= 11 is 0. The van der Waals surface area contributed by atoms with Crippen LogP contribution in [0.3, 0.4) is 0 Å². The molecule has 0 aliphatic heterocycles. The predicted molar refractivity (Wildman–Crippen MR) is 57.3 cm³/mol. The smallest absolute Gasteiger partial charge is 0.293 e. The van der Waals surface area contributed by atoms with Gasteiger partial charge in [-0.2, -0.15) is 0 Å². The maximum absolute atomic E-state index is 10.2. The quantitative estimate of drug-likeness (QED) is 0.715. The Hall–Kier alpha value is -1.90. The lowest BCUT2D eigenvalue weighted by atomic mass is 10.1. The third-order valence-corrected chi connectivity index (χ3v) is 2.24. The van der Waals surface area contributed by atoms with E-state index in [0.717, 1.165) is 22.2 Å². The molecule has 0 radical (unpaired) electrons. The number of carbonyl (C=O) groups excluding carboxylic acids is 1. The van der Waals surface area contributed by atoms with E-state index >= 15 is 0 Å². The van der Waals surface area contributed by atoms with Crippen LogP contribution in [0.5, 0.6) is 0 Å². The first kappa shape index (κ1) is 9.65. The average molecular weight is 201 g/mol. The lowest BCUT2D eigenvalue weighted by molar-refractivity contribution is -0.129. The lowest BCUT2D eigenvalue weighted by Crippen LogP contribution is -1.95. The monoisotopic (exact) mass is 201 g/mol. The van der Waals surface area contributed by atoms with E-state index in [1.807, 2.05) is 37.3 Å². The van der Waals surface area contributed by atoms with Crippen molar-refractivity contribution in [3.63, 3.8) is 0 Å². The maximum Gasteiger partial charge on any atom is 0.293 e. The van der Waals surface area contributed by atoms with Gasteiger partial charge in [-0.1, -0.05) is 18.2 Å². The zero-order valence-corrected chi connectivity index (χ0v) is 8.43. The van der Waals surface area contributed by atoms with Crippen molar-refractivity contribution in [1.29, 1.82) is 0 Å². The fourth-order valence-electron chi connectivity index (χ4n) is 1.64. The number of carbonyl (C=O) groups is 1. The number of hydrogen-bond donors (Lipinski definition) is 0. The zero-order valence-electron chi connectivity index (χ0n) is 8.43. The second kappa shape index (κ2) is 4.09. The summed E-state index contributed by atoms with van der Waals surface area (Å²) in [7, 11) is 0. The average Bonchev–Trinajstić information content (AvgIpc) is 2.25. The SMILES string of the molecule is Cc1cc(COC=O)c2ccccc2n1. The Kier molecular flexibility index (Phi) is 2.63. The van der Waals surface area contributed by atoms with E-state index in [9.17, 15) is 4.79 Å². The number of pyridine rings is 1. The molecule has 0 N–H and O–H groups in total. The standard InChI is InChI=1S/C12H11NO2/c1-9-6-10(7-15-8-14)11-4-2-3-5-12(11)13-9/h2-6,8H,7H2,1H3. The fraction of sp³-hybridized carbons (Fsp3) is 0.167. The molecular weight excluding hydrogens is 190 g/mol. The molecular formula is C12H11NO2. The summed E-state index contributed by atoms with van der Waals surface area (Å²) in [5.41, 5.74) is 2.85. The highest BCUT2D eigenvalue weighted by Crippen LogP contribution is 2.18. The molecule has 76 valence electrons. The molecule has 3 heteroatoms. The molecule has 0 aliphatic rings. The van der Waals surface area contributed by atoms with Crippen LogP contribution in [-0.2, 0) is 16.1 Å². The first-order valence-corrected chi connectivity index (χ1v) is 4.72. The van der Waals surface area contributed by atoms with Crippen LogP contribution in [0.1, 0.15) is 11.3 Å². The number of aryl methyl sites for hydroxylation is 1. The predicted octanol–water partition coefficient (Wildman–Crippen LogP) is 2.22. The Morgan fingerprint density at radius 3 is 3.00 bits per heavy atom. The molecule has 0 bridgehead atoms. The van der Waals surface area contributed by atoms with Gasteiger partial charge in [-0.25, -0.2) is 0 Å². The molecule has 0 spiro atoms. The summed E-state index contributed by atoms with van der Waals surface area (Å²) in [4.78, 5) is 14.6. The number of ether oxygens (including phenoxy) is 1. The second-order valence-corrected chi connectivity index (χ2v) is 3.35. The van der Waals surface area contributed by atoms with Gasteiger partial charge in [0, 0.05) is 16.6 Å². The van der Waals surface area contributed by atoms with Crippen molar-refractivity contribution >= 4 is 17.4 Å². The summed E-state index contributed by atoms with van der Waals surface area (Å²) in [6, 6.07) is 9.76. The second-order valence-electron chi connectivity index (χ2n) is 3.35. The third kappa shape index (κ3) is 1.96. The highest BCUT2D eigenvalue weighted by molar-refractivity contribution is 5.82. The number of fused-ring (bicyclic) bond motifs is 1. The molecule has 1 aromatic carbocycles. The van der Waals surface area contributed by atoms with Crippen molar-refractivity contribution < 1.29 is 9.53 Å². The van der Waals surface area contributed by atoms with Crippen LogP contribution in [0, 0.1) is 6.92 Å². The molecule has 3 nitrogen and oxygen atoms in total. The largest absolute Gasteiger partial charge is 0.463 e. The Bertz CT molecular complexity index is 494. The lowest BCUT2D eigenvalue weighted by Gasteiger charge is -2.06. The fourth-order valence-corrected chi connectivity index (χ4v) is 1.64. The minimum absolute atomic E-state index is 0.299. The van der Waals surface area contributed by atoms with Crippen molar-refractivity contribution in [3.8, 4) is 0 Å². The van der Waals surface area contributed by atoms with Crippen molar-refractivity contribution in [1.82, 2.24) is 4.98 Å². The van der Waals surface area contributed by atoms with Crippen molar-refractivity contribution in [3.05, 3.63) is 41.6 Å². The number of benzene rings is 1. The molecule has 0 saturated carbocycles. The van der Waals surface area contributed by atoms with Crippen molar-refractivity contribution in [2.45, 2.75) is 13.5 Å². The zero-order chi connectivity index (χ0) is 10.7. The molecule has 0 amide bonds. The molecule has 0 aliphatic carbocycles. The van der Waals surface area contributed by atoms with Crippen LogP contribution in [0.15, 0.2) is 30.3 Å². The molecule has 0 unspecified atom stereocenters. The number of nitrogens with zero attached hydrogens (tertiary/aromatic N) is 1. The van der Waals surface area contributed by atoms with Gasteiger partial charge < -0.3 is 4.74 Å². The molecule has 2 aromatic rings. The molecule has 0 fully saturated rings. The minimum atomic E-state index is 0.299. The van der Waals surface area contributed by atoms with E-state index in [1.54, 1.807) is 0 Å². The highest BCUT2D eigenvalue weighted by Gasteiger charge is 2.03. The summed E-state index contributed by atoms with van der Waals surface area (Å²) in [5, 5.41) is 1.03. The summed E-state index contributed by atoms with van der Waals surface area (Å²) < 4.78 is 4.77. The van der Waals surface area contributed by atoms with Gasteiger partial charge in [-0.15, -0.1) is 0 Å². The van der Waals surface area contributed by atoms with Gasteiger partial charge in [-0.3, -0.25) is 9.78 Å². The van der Waals surface area contributed by atoms with Gasteiger partial charge in [0.1, 0.15) is 6.61 Å². The first-order chi connectivity index (χ1) is 7.31. The van der Waals surface area contributed by atoms with Gasteiger partial charge in [0.05, 0.1) is 5.52 Å². The molecule has 2 rings (SSSR count). The van der Waals surface area contributed by atoms with E-state index in [4.69, 9.17) is 4.74 Å². The van der Waals surface area contributed by atoms with Gasteiger partial charge in [0.15, 0.2) is 0 Å². The normalized spacial score (nSPS) is 10.2. The summed E-state index contributed by atoms with van der Waals surface area (Å²) in [6.07, 6.45) is 0. The maximum atomic E-state index is 10.2. The van der Waals surface area contributed by atoms with Gasteiger partial charge >= 0.3 is 0 Å². The molecule has 0 atom stereocenters. The van der Waals surface area contributed by atoms with Crippen LogP contribution < -0.4 is 0 Å². The van der Waals surface area contributed by atoms with E-state index in [2.05, 4.69) is 4.98 Å². The molecule has 0 saturated heterocycles. The van der Waals surface area contributed by atoms with Gasteiger partial charge in [0.2, 0.25) is 0 Å². The summed E-state index contributed by atoms with van der Waals surface area (Å²) in [5.74, 6) is 0. The topological polar surface area (TPSA) is 39.2 Å². The van der Waals surface area contributed by atoms with Crippen LogP contribution in [0.25, 0.3) is 10.9 Å². The molecule has 1 aromatic heterocycles. The highest BCUT2D eigenvalue weighted by atomic mass is 16.5. The number of hydrogen-bond acceptors (Lipinski definition) is 3. The van der Waals surface area contributed by atoms with Crippen LogP contribution in [0.4, 0.5) is 0 Å². The van der Waals surface area contributed by atoms with E-state index in [0.29, 0.717) is 13.1 Å². The van der Waals surface area contributed by atoms with Gasteiger partial charge in [-0.05, 0) is 19.1 Å². The first-order valence-electron chi connectivity index (χ1n) is 4.72. The Balaban J connectivity index is 2.55. The van der Waals surface area contributed by atoms with E-state index in [1.165, 1.54) is 0 Å². The minimum Gasteiger partial charge on any atom is -0.463 e. The molecule has 1 heterocycles. The van der Waals surface area contributed by atoms with E-state index < -0.39 is 0 Å². The van der Waals surface area contributed by atoms with Crippen LogP contribution in [0.2, 0.25) is 0 Å². The van der Waals surface area contributed by atoms with Crippen molar-refractivity contribution in [2.24, 2.45) is 0 Å². The van der Waals surface area contributed by atoms with Gasteiger partial charge in [0.25, 0.3) is 6.47 Å². The summed E-state index contributed by atoms with van der Waals surface area (Å²) in [6.45, 7) is 2.69. The third-order valence-electron chi connectivity index (χ3n) is 2.24. The number of para-hydroxylation sites is 1. The van der Waals surface area contributed by atoms with Crippen LogP contribution in [-0.4, -0.2) is 11.5 Å². The van der Waals surface area contributed by atoms with E-state index in [-0.39, 0.29) is 0 Å². The Morgan fingerprint density at radius 2 is 2.20 bits per heavy atom. The molecule has 15 heavy (non-hydrogen) atoms. The Morgan fingerprint density at radius 1 is 1.40 bits per heavy atom. The van der Waals surface area contributed by atoms with Crippen molar-refractivity contribution in [2.75, 3.05) is 0 Å². The number of aromatic nitrogens is 1. The number of rotatable bonds is 3.